The van der Waals surface area contributed by atoms with Crippen LogP contribution in [-0.4, -0.2) is 30.2 Å². The van der Waals surface area contributed by atoms with E-state index in [4.69, 9.17) is 0 Å². The van der Waals surface area contributed by atoms with E-state index in [1.807, 2.05) is 12.1 Å². The molecule has 0 aliphatic carbocycles. The lowest BCUT2D eigenvalue weighted by molar-refractivity contribution is 0.0843. The fourth-order valence-corrected chi connectivity index (χ4v) is 3.91. The largest absolute Gasteiger partial charge is 0.289 e. The van der Waals surface area contributed by atoms with Gasteiger partial charge in [-0.15, -0.1) is 0 Å². The van der Waals surface area contributed by atoms with Crippen molar-refractivity contribution in [1.82, 2.24) is 20.8 Å². The van der Waals surface area contributed by atoms with Gasteiger partial charge in [0.15, 0.2) is 0 Å². The van der Waals surface area contributed by atoms with Gasteiger partial charge in [0.25, 0.3) is 21.8 Å². The second-order valence-electron chi connectivity index (χ2n) is 6.93. The summed E-state index contributed by atoms with van der Waals surface area (Å²) in [5.74, 6) is -1.33. The molecule has 32 heavy (non-hydrogen) atoms. The third-order valence-corrected chi connectivity index (χ3v) is 5.90. The van der Waals surface area contributed by atoms with Crippen molar-refractivity contribution in [3.63, 3.8) is 0 Å². The Hall–Kier alpha value is -3.79. The lowest BCUT2D eigenvalue weighted by Gasteiger charge is -2.11. The van der Waals surface area contributed by atoms with Gasteiger partial charge >= 0.3 is 0 Å². The average molecular weight is 454 g/mol. The summed E-state index contributed by atoms with van der Waals surface area (Å²) in [5.41, 5.74) is 6.08. The Morgan fingerprint density at radius 1 is 0.969 bits per heavy atom. The van der Waals surface area contributed by atoms with Crippen LogP contribution in [0.3, 0.4) is 0 Å². The molecular formula is C22H23N5O4S. The van der Waals surface area contributed by atoms with Crippen LogP contribution in [0.1, 0.15) is 46.2 Å². The fraction of sp³-hybridized carbons (Fsp3) is 0.182. The Balaban J connectivity index is 1.66. The highest BCUT2D eigenvalue weighted by atomic mass is 32.2. The molecule has 0 radical (unpaired) electrons. The molecule has 0 saturated heterocycles. The van der Waals surface area contributed by atoms with E-state index < -0.39 is 21.8 Å². The minimum atomic E-state index is -3.91. The first-order chi connectivity index (χ1) is 15.4. The highest BCUT2D eigenvalue weighted by Crippen LogP contribution is 2.18. The molecule has 2 amide bonds. The standard InChI is InChI=1S/C22H23N5O4S/c1-2-3-5-16-8-10-18(11-9-16)27-32(30,31)19-7-4-6-17(14-19)21(28)25-26-22(29)20-15-23-12-13-24-20/h4,6-15,27H,2-3,5H2,1H3,(H,25,28)(H,26,29). The highest BCUT2D eigenvalue weighted by Gasteiger charge is 2.17. The number of aryl methyl sites for hydroxylation is 1. The molecule has 10 heteroatoms. The first-order valence-electron chi connectivity index (χ1n) is 9.97. The van der Waals surface area contributed by atoms with Gasteiger partial charge < -0.3 is 0 Å². The maximum absolute atomic E-state index is 12.8. The zero-order chi connectivity index (χ0) is 23.0. The van der Waals surface area contributed by atoms with Gasteiger partial charge in [-0.05, 0) is 48.7 Å². The van der Waals surface area contributed by atoms with Gasteiger partial charge in [0, 0.05) is 23.6 Å². The van der Waals surface area contributed by atoms with Crippen LogP contribution in [0.15, 0.2) is 72.0 Å². The van der Waals surface area contributed by atoms with Gasteiger partial charge in [-0.25, -0.2) is 13.4 Å². The van der Waals surface area contributed by atoms with Crippen LogP contribution < -0.4 is 15.6 Å². The Kier molecular flexibility index (Phi) is 7.50. The van der Waals surface area contributed by atoms with E-state index in [2.05, 4.69) is 32.5 Å². The quantitative estimate of drug-likeness (QED) is 0.450. The molecule has 3 aromatic rings. The smallest absolute Gasteiger partial charge is 0.280 e. The van der Waals surface area contributed by atoms with Crippen molar-refractivity contribution in [3.05, 3.63) is 83.9 Å². The van der Waals surface area contributed by atoms with Crippen LogP contribution in [0.5, 0.6) is 0 Å². The van der Waals surface area contributed by atoms with E-state index in [1.54, 1.807) is 12.1 Å². The topological polar surface area (TPSA) is 130 Å². The molecule has 0 saturated carbocycles. The molecular weight excluding hydrogens is 430 g/mol. The molecule has 9 nitrogen and oxygen atoms in total. The Morgan fingerprint density at radius 3 is 2.41 bits per heavy atom. The van der Waals surface area contributed by atoms with E-state index in [0.29, 0.717) is 5.69 Å². The number of aromatic nitrogens is 2. The molecule has 1 heterocycles. The molecule has 1 aromatic heterocycles. The molecule has 3 N–H and O–H groups in total. The van der Waals surface area contributed by atoms with E-state index in [-0.39, 0.29) is 16.2 Å². The molecule has 0 bridgehead atoms. The van der Waals surface area contributed by atoms with Crippen LogP contribution in [0.4, 0.5) is 5.69 Å². The number of benzene rings is 2. The third-order valence-electron chi connectivity index (χ3n) is 4.52. The SMILES string of the molecule is CCCCc1ccc(NS(=O)(=O)c2cccc(C(=O)NNC(=O)c3cnccn3)c2)cc1. The molecule has 0 unspecified atom stereocenters. The minimum absolute atomic E-state index is 0.0223. The van der Waals surface area contributed by atoms with Crippen LogP contribution in [0.25, 0.3) is 0 Å². The lowest BCUT2D eigenvalue weighted by Crippen LogP contribution is -2.42. The van der Waals surface area contributed by atoms with E-state index in [0.717, 1.165) is 24.8 Å². The lowest BCUT2D eigenvalue weighted by atomic mass is 10.1. The van der Waals surface area contributed by atoms with Gasteiger partial charge in [-0.3, -0.25) is 30.1 Å². The molecule has 0 aliphatic rings. The number of hydrazine groups is 1. The minimum Gasteiger partial charge on any atom is -0.280 e. The van der Waals surface area contributed by atoms with Crippen LogP contribution >= 0.6 is 0 Å². The first-order valence-corrected chi connectivity index (χ1v) is 11.5. The van der Waals surface area contributed by atoms with Crippen LogP contribution in [0.2, 0.25) is 0 Å². The summed E-state index contributed by atoms with van der Waals surface area (Å²) in [6.07, 6.45) is 7.10. The van der Waals surface area contributed by atoms with Crippen LogP contribution in [-0.2, 0) is 16.4 Å². The van der Waals surface area contributed by atoms with Crippen molar-refractivity contribution in [2.45, 2.75) is 31.1 Å². The van der Waals surface area contributed by atoms with E-state index in [9.17, 15) is 18.0 Å². The Labute approximate surface area is 186 Å². The maximum Gasteiger partial charge on any atom is 0.289 e. The summed E-state index contributed by atoms with van der Waals surface area (Å²) in [6.45, 7) is 2.11. The van der Waals surface area contributed by atoms with Gasteiger partial charge in [-0.1, -0.05) is 31.5 Å². The van der Waals surface area contributed by atoms with Crippen molar-refractivity contribution in [3.8, 4) is 0 Å². The molecule has 0 atom stereocenters. The molecule has 2 aromatic carbocycles. The zero-order valence-electron chi connectivity index (χ0n) is 17.4. The molecule has 0 aliphatic heterocycles. The van der Waals surface area contributed by atoms with Crippen molar-refractivity contribution < 1.29 is 18.0 Å². The van der Waals surface area contributed by atoms with Crippen molar-refractivity contribution in [2.75, 3.05) is 4.72 Å². The zero-order valence-corrected chi connectivity index (χ0v) is 18.2. The highest BCUT2D eigenvalue weighted by molar-refractivity contribution is 7.92. The van der Waals surface area contributed by atoms with Crippen molar-refractivity contribution >= 4 is 27.5 Å². The monoisotopic (exact) mass is 453 g/mol. The number of hydrogen-bond acceptors (Lipinski definition) is 6. The normalized spacial score (nSPS) is 10.9. The summed E-state index contributed by atoms with van der Waals surface area (Å²) in [6, 6.07) is 12.7. The first kappa shape index (κ1) is 22.9. The predicted octanol–water partition coefficient (Wildman–Crippen LogP) is 2.69. The van der Waals surface area contributed by atoms with E-state index in [1.165, 1.54) is 42.9 Å². The summed E-state index contributed by atoms with van der Waals surface area (Å²) in [4.78, 5) is 31.8. The van der Waals surface area contributed by atoms with Crippen molar-refractivity contribution in [2.24, 2.45) is 0 Å². The van der Waals surface area contributed by atoms with Crippen LogP contribution in [0, 0.1) is 0 Å². The van der Waals surface area contributed by atoms with E-state index >= 15 is 0 Å². The summed E-state index contributed by atoms with van der Waals surface area (Å²) < 4.78 is 28.0. The number of anilines is 1. The number of amides is 2. The van der Waals surface area contributed by atoms with Gasteiger partial charge in [0.05, 0.1) is 11.1 Å². The number of nitrogens with zero attached hydrogens (tertiary/aromatic N) is 2. The van der Waals surface area contributed by atoms with Gasteiger partial charge in [0.2, 0.25) is 0 Å². The number of carbonyl (C=O) groups excluding carboxylic acids is 2. The number of unbranched alkanes of at least 4 members (excludes halogenated alkanes) is 1. The summed E-state index contributed by atoms with van der Waals surface area (Å²) >= 11 is 0. The second kappa shape index (κ2) is 10.5. The third kappa shape index (κ3) is 6.11. The van der Waals surface area contributed by atoms with Crippen molar-refractivity contribution in [1.29, 1.82) is 0 Å². The maximum atomic E-state index is 12.8. The predicted molar refractivity (Wildman–Crippen MR) is 119 cm³/mol. The molecule has 3 rings (SSSR count). The Morgan fingerprint density at radius 2 is 1.72 bits per heavy atom. The fourth-order valence-electron chi connectivity index (χ4n) is 2.81. The average Bonchev–Trinajstić information content (AvgIpc) is 2.82. The molecule has 0 fully saturated rings. The number of carbonyl (C=O) groups is 2. The second-order valence-corrected chi connectivity index (χ2v) is 8.62. The molecule has 166 valence electrons. The number of nitrogens with one attached hydrogen (secondary N) is 3. The van der Waals surface area contributed by atoms with Gasteiger partial charge in [0.1, 0.15) is 5.69 Å². The number of sulfonamides is 1. The summed E-state index contributed by atoms with van der Waals surface area (Å²) in [7, 11) is -3.91. The molecule has 0 spiro atoms. The number of hydrogen-bond donors (Lipinski definition) is 3. The van der Waals surface area contributed by atoms with Gasteiger partial charge in [-0.2, -0.15) is 0 Å². The summed E-state index contributed by atoms with van der Waals surface area (Å²) in [5, 5.41) is 0. The number of rotatable bonds is 8. The Bertz CT molecular complexity index is 1180.